The van der Waals surface area contributed by atoms with Crippen LogP contribution in [0.5, 0.6) is 0 Å². The van der Waals surface area contributed by atoms with Gasteiger partial charge in [-0.3, -0.25) is 4.90 Å². The van der Waals surface area contributed by atoms with E-state index in [4.69, 9.17) is 0 Å². The molecule has 0 saturated carbocycles. The maximum Gasteiger partial charge on any atom is 0.0481 e. The van der Waals surface area contributed by atoms with Crippen molar-refractivity contribution in [1.29, 1.82) is 0 Å². The highest BCUT2D eigenvalue weighted by molar-refractivity contribution is 7.10. The quantitative estimate of drug-likeness (QED) is 0.752. The van der Waals surface area contributed by atoms with Crippen molar-refractivity contribution in [3.8, 4) is 0 Å². The minimum atomic E-state index is 1.03. The molecule has 1 aliphatic rings. The van der Waals surface area contributed by atoms with Crippen LogP contribution < -0.4 is 10.6 Å². The van der Waals surface area contributed by atoms with Crippen LogP contribution in [0.4, 0.5) is 0 Å². The molecule has 1 aromatic heterocycles. The molecule has 0 atom stereocenters. The van der Waals surface area contributed by atoms with Crippen molar-refractivity contribution >= 4 is 11.3 Å². The number of rotatable bonds is 5. The van der Waals surface area contributed by atoms with Crippen LogP contribution in [-0.2, 0) is 6.42 Å². The second-order valence-corrected chi connectivity index (χ2v) is 5.30. The van der Waals surface area contributed by atoms with Crippen LogP contribution in [0, 0.1) is 6.92 Å². The largest absolute Gasteiger partial charge is 0.314 e. The Kier molecular flexibility index (Phi) is 4.78. The maximum absolute atomic E-state index is 3.53. The molecule has 0 bridgehead atoms. The summed E-state index contributed by atoms with van der Waals surface area (Å²) in [6.45, 7) is 8.92. The summed E-state index contributed by atoms with van der Waals surface area (Å²) in [4.78, 5) is 3.99. The summed E-state index contributed by atoms with van der Waals surface area (Å²) < 4.78 is 0. The number of nitrogens with one attached hydrogen (secondary N) is 2. The number of hydrogen-bond acceptors (Lipinski definition) is 4. The first-order valence-corrected chi connectivity index (χ1v) is 6.91. The van der Waals surface area contributed by atoms with Crippen LogP contribution in [0.3, 0.4) is 0 Å². The van der Waals surface area contributed by atoms with Gasteiger partial charge in [0, 0.05) is 44.3 Å². The van der Waals surface area contributed by atoms with Crippen molar-refractivity contribution in [3.63, 3.8) is 0 Å². The Morgan fingerprint density at radius 1 is 1.44 bits per heavy atom. The molecular formula is C12H21N3S. The van der Waals surface area contributed by atoms with Gasteiger partial charge in [-0.05, 0) is 30.4 Å². The number of aryl methyl sites for hydroxylation is 1. The lowest BCUT2D eigenvalue weighted by Crippen LogP contribution is -2.47. The lowest BCUT2D eigenvalue weighted by atomic mass is 10.2. The van der Waals surface area contributed by atoms with E-state index in [2.05, 4.69) is 33.9 Å². The predicted molar refractivity (Wildman–Crippen MR) is 70.1 cm³/mol. The van der Waals surface area contributed by atoms with Crippen molar-refractivity contribution in [2.75, 3.05) is 39.4 Å². The van der Waals surface area contributed by atoms with Gasteiger partial charge in [-0.1, -0.05) is 0 Å². The highest BCUT2D eigenvalue weighted by atomic mass is 32.1. The Hall–Kier alpha value is -0.420. The third-order valence-electron chi connectivity index (χ3n) is 3.04. The van der Waals surface area contributed by atoms with E-state index >= 15 is 0 Å². The van der Waals surface area contributed by atoms with E-state index in [1.165, 1.54) is 23.5 Å². The van der Waals surface area contributed by atoms with Gasteiger partial charge in [0.1, 0.15) is 0 Å². The Bertz CT molecular complexity index is 305. The van der Waals surface area contributed by atoms with Crippen LogP contribution in [-0.4, -0.2) is 44.3 Å². The first-order chi connectivity index (χ1) is 7.86. The van der Waals surface area contributed by atoms with Crippen LogP contribution in [0.15, 0.2) is 11.4 Å². The second kappa shape index (κ2) is 6.35. The summed E-state index contributed by atoms with van der Waals surface area (Å²) in [7, 11) is 0. The molecule has 3 nitrogen and oxygen atoms in total. The first-order valence-electron chi connectivity index (χ1n) is 6.03. The summed E-state index contributed by atoms with van der Waals surface area (Å²) in [6, 6.07) is 2.20. The molecule has 4 heteroatoms. The fourth-order valence-corrected chi connectivity index (χ4v) is 2.88. The highest BCUT2D eigenvalue weighted by Crippen LogP contribution is 2.15. The average Bonchev–Trinajstić information content (AvgIpc) is 2.72. The van der Waals surface area contributed by atoms with E-state index in [1.807, 2.05) is 11.3 Å². The number of hydrogen-bond donors (Lipinski definition) is 2. The summed E-state index contributed by atoms with van der Waals surface area (Å²) in [5.41, 5.74) is 1.44. The molecular weight excluding hydrogens is 218 g/mol. The molecule has 0 aromatic carbocycles. The van der Waals surface area contributed by atoms with E-state index in [9.17, 15) is 0 Å². The Balaban J connectivity index is 1.59. The van der Waals surface area contributed by atoms with E-state index in [0.717, 1.165) is 32.7 Å². The van der Waals surface area contributed by atoms with Crippen LogP contribution >= 0.6 is 11.3 Å². The topological polar surface area (TPSA) is 27.3 Å². The zero-order valence-corrected chi connectivity index (χ0v) is 10.8. The molecule has 0 spiro atoms. The molecule has 0 radical (unpaired) electrons. The normalized spacial score (nSPS) is 17.8. The molecule has 2 rings (SSSR count). The van der Waals surface area contributed by atoms with Crippen molar-refractivity contribution < 1.29 is 0 Å². The first kappa shape index (κ1) is 12.0. The SMILES string of the molecule is Cc1ccsc1CCNCN1CCNCC1. The molecule has 1 aliphatic heterocycles. The predicted octanol–water partition coefficient (Wildman–Crippen LogP) is 1.05. The van der Waals surface area contributed by atoms with Gasteiger partial charge in [-0.2, -0.15) is 0 Å². The average molecular weight is 239 g/mol. The highest BCUT2D eigenvalue weighted by Gasteiger charge is 2.08. The summed E-state index contributed by atoms with van der Waals surface area (Å²) >= 11 is 1.87. The van der Waals surface area contributed by atoms with Gasteiger partial charge in [-0.25, -0.2) is 0 Å². The summed E-state index contributed by atoms with van der Waals surface area (Å²) in [6.07, 6.45) is 1.16. The van der Waals surface area contributed by atoms with Gasteiger partial charge in [0.2, 0.25) is 0 Å². The Morgan fingerprint density at radius 3 is 2.94 bits per heavy atom. The molecule has 1 fully saturated rings. The zero-order chi connectivity index (χ0) is 11.2. The summed E-state index contributed by atoms with van der Waals surface area (Å²) in [5.74, 6) is 0. The fourth-order valence-electron chi connectivity index (χ4n) is 1.97. The minimum Gasteiger partial charge on any atom is -0.314 e. The fraction of sp³-hybridized carbons (Fsp3) is 0.667. The maximum atomic E-state index is 3.53. The van der Waals surface area contributed by atoms with Crippen LogP contribution in [0.2, 0.25) is 0 Å². The van der Waals surface area contributed by atoms with Crippen LogP contribution in [0.25, 0.3) is 0 Å². The third kappa shape index (κ3) is 3.56. The van der Waals surface area contributed by atoms with Gasteiger partial charge < -0.3 is 10.6 Å². The van der Waals surface area contributed by atoms with E-state index < -0.39 is 0 Å². The van der Waals surface area contributed by atoms with Crippen molar-refractivity contribution in [2.24, 2.45) is 0 Å². The molecule has 90 valence electrons. The van der Waals surface area contributed by atoms with Gasteiger partial charge in [0.15, 0.2) is 0 Å². The molecule has 0 amide bonds. The zero-order valence-electron chi connectivity index (χ0n) is 9.96. The van der Waals surface area contributed by atoms with Gasteiger partial charge in [0.25, 0.3) is 0 Å². The third-order valence-corrected chi connectivity index (χ3v) is 4.12. The van der Waals surface area contributed by atoms with Gasteiger partial charge >= 0.3 is 0 Å². The second-order valence-electron chi connectivity index (χ2n) is 4.30. The van der Waals surface area contributed by atoms with E-state index in [-0.39, 0.29) is 0 Å². The molecule has 1 saturated heterocycles. The Labute approximate surface area is 102 Å². The lowest BCUT2D eigenvalue weighted by Gasteiger charge is -2.27. The molecule has 2 heterocycles. The molecule has 0 aliphatic carbocycles. The molecule has 0 unspecified atom stereocenters. The van der Waals surface area contributed by atoms with Crippen LogP contribution in [0.1, 0.15) is 10.4 Å². The lowest BCUT2D eigenvalue weighted by molar-refractivity contribution is 0.224. The minimum absolute atomic E-state index is 1.03. The van der Waals surface area contributed by atoms with Crippen molar-refractivity contribution in [3.05, 3.63) is 21.9 Å². The number of thiophene rings is 1. The molecule has 1 aromatic rings. The van der Waals surface area contributed by atoms with E-state index in [0.29, 0.717) is 0 Å². The summed E-state index contributed by atoms with van der Waals surface area (Å²) in [5, 5.41) is 9.07. The molecule has 16 heavy (non-hydrogen) atoms. The number of nitrogens with zero attached hydrogens (tertiary/aromatic N) is 1. The van der Waals surface area contributed by atoms with Gasteiger partial charge in [-0.15, -0.1) is 11.3 Å². The van der Waals surface area contributed by atoms with Crippen molar-refractivity contribution in [1.82, 2.24) is 15.5 Å². The monoisotopic (exact) mass is 239 g/mol. The number of piperazine rings is 1. The standard InChI is InChI=1S/C12H21N3S/c1-11-3-9-16-12(11)2-4-14-10-15-7-5-13-6-8-15/h3,9,13-14H,2,4-8,10H2,1H3. The van der Waals surface area contributed by atoms with Crippen molar-refractivity contribution in [2.45, 2.75) is 13.3 Å². The van der Waals surface area contributed by atoms with Gasteiger partial charge in [0.05, 0.1) is 0 Å². The smallest absolute Gasteiger partial charge is 0.0481 e. The van der Waals surface area contributed by atoms with E-state index in [1.54, 1.807) is 0 Å². The molecule has 2 N–H and O–H groups in total. The Morgan fingerprint density at radius 2 is 2.25 bits per heavy atom.